The summed E-state index contributed by atoms with van der Waals surface area (Å²) in [5.74, 6) is -0.582. The van der Waals surface area contributed by atoms with Gasteiger partial charge >= 0.3 is 0 Å². The number of aliphatic hydroxyl groups is 1. The van der Waals surface area contributed by atoms with Gasteiger partial charge in [-0.3, -0.25) is 4.79 Å². The lowest BCUT2D eigenvalue weighted by atomic mass is 10.3. The van der Waals surface area contributed by atoms with E-state index in [1.54, 1.807) is 18.4 Å². The van der Waals surface area contributed by atoms with Crippen LogP contribution in [0.3, 0.4) is 0 Å². The minimum Gasteiger partial charge on any atom is -0.392 e. The second-order valence-corrected chi connectivity index (χ2v) is 6.70. The highest BCUT2D eigenvalue weighted by Crippen LogP contribution is 2.19. The van der Waals surface area contributed by atoms with Crippen LogP contribution in [0.4, 0.5) is 0 Å². The molecule has 0 fully saturated rings. The van der Waals surface area contributed by atoms with Crippen molar-refractivity contribution in [3.63, 3.8) is 0 Å². The van der Waals surface area contributed by atoms with Crippen molar-refractivity contribution in [1.29, 1.82) is 0 Å². The lowest BCUT2D eigenvalue weighted by molar-refractivity contribution is 0.0802. The third kappa shape index (κ3) is 3.52. The summed E-state index contributed by atoms with van der Waals surface area (Å²) in [6.45, 7) is 2.95. The number of thiophene rings is 1. The molecule has 17 heavy (non-hydrogen) atoms. The summed E-state index contributed by atoms with van der Waals surface area (Å²) >= 11 is 1.19. The molecule has 0 aromatic carbocycles. The SMILES string of the molecule is Cc1ccsc1C(=O)N(C[C@@H](C)O)S(C)(=O)=O. The number of amides is 1. The number of rotatable bonds is 4. The van der Waals surface area contributed by atoms with Gasteiger partial charge in [0.05, 0.1) is 23.8 Å². The van der Waals surface area contributed by atoms with E-state index in [2.05, 4.69) is 0 Å². The largest absolute Gasteiger partial charge is 0.392 e. The maximum Gasteiger partial charge on any atom is 0.277 e. The standard InChI is InChI=1S/C10H15NO4S2/c1-7-4-5-16-9(7)10(13)11(6-8(2)12)17(3,14)15/h4-5,8,12H,6H2,1-3H3/t8-/m1/s1. The van der Waals surface area contributed by atoms with Gasteiger partial charge in [-0.2, -0.15) is 0 Å². The second kappa shape index (κ2) is 5.16. The summed E-state index contributed by atoms with van der Waals surface area (Å²) in [6.07, 6.45) is 0.0601. The Morgan fingerprint density at radius 1 is 1.59 bits per heavy atom. The number of sulfonamides is 1. The first-order chi connectivity index (χ1) is 7.73. The quantitative estimate of drug-likeness (QED) is 0.885. The summed E-state index contributed by atoms with van der Waals surface area (Å²) in [7, 11) is -3.67. The van der Waals surface area contributed by atoms with Crippen LogP contribution in [-0.2, 0) is 10.0 Å². The van der Waals surface area contributed by atoms with E-state index in [1.807, 2.05) is 0 Å². The zero-order chi connectivity index (χ0) is 13.2. The van der Waals surface area contributed by atoms with E-state index in [4.69, 9.17) is 0 Å². The van der Waals surface area contributed by atoms with Gasteiger partial charge in [-0.25, -0.2) is 12.7 Å². The molecule has 1 rings (SSSR count). The fourth-order valence-electron chi connectivity index (χ4n) is 1.31. The van der Waals surface area contributed by atoms with Gasteiger partial charge in [0.2, 0.25) is 10.0 Å². The van der Waals surface area contributed by atoms with Gasteiger partial charge in [0.15, 0.2) is 0 Å². The van der Waals surface area contributed by atoms with Crippen LogP contribution in [0, 0.1) is 6.92 Å². The van der Waals surface area contributed by atoms with Crippen molar-refractivity contribution in [2.24, 2.45) is 0 Å². The highest BCUT2D eigenvalue weighted by Gasteiger charge is 2.27. The molecule has 1 atom stereocenters. The fraction of sp³-hybridized carbons (Fsp3) is 0.500. The van der Waals surface area contributed by atoms with Crippen molar-refractivity contribution < 1.29 is 18.3 Å². The van der Waals surface area contributed by atoms with Gasteiger partial charge in [0, 0.05) is 0 Å². The van der Waals surface area contributed by atoms with E-state index in [1.165, 1.54) is 18.3 Å². The molecular weight excluding hydrogens is 262 g/mol. The monoisotopic (exact) mass is 277 g/mol. The van der Waals surface area contributed by atoms with Crippen LogP contribution in [-0.4, -0.2) is 42.6 Å². The Balaban J connectivity index is 3.08. The van der Waals surface area contributed by atoms with E-state index in [0.29, 0.717) is 9.18 Å². The smallest absolute Gasteiger partial charge is 0.277 e. The second-order valence-electron chi connectivity index (χ2n) is 3.88. The number of aryl methyl sites for hydroxylation is 1. The molecule has 1 amide bonds. The van der Waals surface area contributed by atoms with Crippen LogP contribution in [0.2, 0.25) is 0 Å². The van der Waals surface area contributed by atoms with Gasteiger partial charge in [0.1, 0.15) is 0 Å². The maximum atomic E-state index is 12.1. The lowest BCUT2D eigenvalue weighted by Gasteiger charge is -2.21. The van der Waals surface area contributed by atoms with Crippen LogP contribution in [0.1, 0.15) is 22.2 Å². The Kier molecular flexibility index (Phi) is 4.29. The Bertz CT molecular complexity index is 504. The zero-order valence-electron chi connectivity index (χ0n) is 9.87. The third-order valence-electron chi connectivity index (χ3n) is 2.11. The molecule has 0 bridgehead atoms. The molecule has 0 unspecified atom stereocenters. The Morgan fingerprint density at radius 2 is 2.18 bits per heavy atom. The van der Waals surface area contributed by atoms with Gasteiger partial charge in [-0.05, 0) is 30.9 Å². The zero-order valence-corrected chi connectivity index (χ0v) is 11.5. The molecule has 0 aliphatic carbocycles. The van der Waals surface area contributed by atoms with Crippen molar-refractivity contribution in [2.45, 2.75) is 20.0 Å². The van der Waals surface area contributed by atoms with Crippen molar-refractivity contribution in [3.05, 3.63) is 21.9 Å². The minimum absolute atomic E-state index is 0.227. The maximum absolute atomic E-state index is 12.1. The van der Waals surface area contributed by atoms with Crippen molar-refractivity contribution in [3.8, 4) is 0 Å². The van der Waals surface area contributed by atoms with E-state index in [0.717, 1.165) is 11.8 Å². The molecule has 5 nitrogen and oxygen atoms in total. The van der Waals surface area contributed by atoms with E-state index >= 15 is 0 Å². The van der Waals surface area contributed by atoms with Crippen LogP contribution in [0.25, 0.3) is 0 Å². The van der Waals surface area contributed by atoms with Gasteiger partial charge in [0.25, 0.3) is 5.91 Å². The summed E-state index contributed by atoms with van der Waals surface area (Å²) in [5.41, 5.74) is 0.735. The molecule has 0 saturated carbocycles. The normalized spacial score (nSPS) is 13.4. The Hall–Kier alpha value is -0.920. The van der Waals surface area contributed by atoms with Gasteiger partial charge in [-0.1, -0.05) is 0 Å². The van der Waals surface area contributed by atoms with Gasteiger partial charge in [-0.15, -0.1) is 11.3 Å². The molecule has 0 saturated heterocycles. The van der Waals surface area contributed by atoms with E-state index in [-0.39, 0.29) is 6.54 Å². The number of carbonyl (C=O) groups excluding carboxylic acids is 1. The van der Waals surface area contributed by atoms with Crippen molar-refractivity contribution in [1.82, 2.24) is 4.31 Å². The molecular formula is C10H15NO4S2. The third-order valence-corrected chi connectivity index (χ3v) is 4.23. The first-order valence-corrected chi connectivity index (χ1v) is 7.70. The number of aliphatic hydroxyl groups excluding tert-OH is 1. The number of carbonyl (C=O) groups is 1. The minimum atomic E-state index is -3.67. The average molecular weight is 277 g/mol. The number of hydrogen-bond acceptors (Lipinski definition) is 5. The molecule has 0 spiro atoms. The van der Waals surface area contributed by atoms with Crippen LogP contribution >= 0.6 is 11.3 Å². The summed E-state index contributed by atoms with van der Waals surface area (Å²) < 4.78 is 23.7. The van der Waals surface area contributed by atoms with Crippen molar-refractivity contribution >= 4 is 27.3 Å². The molecule has 1 heterocycles. The lowest BCUT2D eigenvalue weighted by Crippen LogP contribution is -2.40. The molecule has 96 valence electrons. The van der Waals surface area contributed by atoms with Crippen LogP contribution in [0.15, 0.2) is 11.4 Å². The molecule has 7 heteroatoms. The molecule has 0 radical (unpaired) electrons. The molecule has 0 aliphatic rings. The van der Waals surface area contributed by atoms with Crippen molar-refractivity contribution in [2.75, 3.05) is 12.8 Å². The van der Waals surface area contributed by atoms with Crippen LogP contribution in [0.5, 0.6) is 0 Å². The highest BCUT2D eigenvalue weighted by atomic mass is 32.2. The highest BCUT2D eigenvalue weighted by molar-refractivity contribution is 7.88. The fourth-order valence-corrected chi connectivity index (χ4v) is 3.12. The van der Waals surface area contributed by atoms with Gasteiger partial charge < -0.3 is 5.11 Å². The Morgan fingerprint density at radius 3 is 2.53 bits per heavy atom. The summed E-state index contributed by atoms with van der Waals surface area (Å²) in [4.78, 5) is 12.4. The molecule has 1 aromatic heterocycles. The van der Waals surface area contributed by atoms with E-state index < -0.39 is 22.0 Å². The average Bonchev–Trinajstić information content (AvgIpc) is 2.58. The predicted molar refractivity (Wildman–Crippen MR) is 66.6 cm³/mol. The topological polar surface area (TPSA) is 74.7 Å². The first kappa shape index (κ1) is 14.1. The predicted octanol–water partition coefficient (Wildman–Crippen LogP) is 0.839. The molecule has 1 aromatic rings. The number of nitrogens with zero attached hydrogens (tertiary/aromatic N) is 1. The summed E-state index contributed by atoms with van der Waals surface area (Å²) in [6, 6.07) is 1.75. The number of hydrogen-bond donors (Lipinski definition) is 1. The summed E-state index contributed by atoms with van der Waals surface area (Å²) in [5, 5.41) is 11.0. The van der Waals surface area contributed by atoms with Crippen LogP contribution < -0.4 is 0 Å². The Labute approximate surface area is 105 Å². The molecule has 0 aliphatic heterocycles. The molecule has 1 N–H and O–H groups in total. The first-order valence-electron chi connectivity index (χ1n) is 4.97. The van der Waals surface area contributed by atoms with E-state index in [9.17, 15) is 18.3 Å².